The van der Waals surface area contributed by atoms with Crippen molar-refractivity contribution in [3.8, 4) is 11.5 Å². The van der Waals surface area contributed by atoms with Crippen LogP contribution in [0.3, 0.4) is 0 Å². The fourth-order valence-electron chi connectivity index (χ4n) is 2.60. The third-order valence-corrected chi connectivity index (χ3v) is 4.23. The highest BCUT2D eigenvalue weighted by molar-refractivity contribution is 6.00. The van der Waals surface area contributed by atoms with Gasteiger partial charge in [0.05, 0.1) is 18.8 Å². The highest BCUT2D eigenvalue weighted by Crippen LogP contribution is 2.30. The van der Waals surface area contributed by atoms with E-state index in [2.05, 4.69) is 0 Å². The van der Waals surface area contributed by atoms with Gasteiger partial charge in [0.25, 0.3) is 0 Å². The maximum absolute atomic E-state index is 12.3. The molecule has 0 saturated heterocycles. The van der Waals surface area contributed by atoms with Crippen LogP contribution in [0.2, 0.25) is 0 Å². The molecule has 0 bridgehead atoms. The van der Waals surface area contributed by atoms with Crippen LogP contribution in [0.5, 0.6) is 11.5 Å². The Morgan fingerprint density at radius 3 is 2.60 bits per heavy atom. The lowest BCUT2D eigenvalue weighted by Crippen LogP contribution is -2.15. The molecule has 0 radical (unpaired) electrons. The van der Waals surface area contributed by atoms with Gasteiger partial charge in [0.15, 0.2) is 23.9 Å². The van der Waals surface area contributed by atoms with Crippen molar-refractivity contribution >= 4 is 11.8 Å². The van der Waals surface area contributed by atoms with Gasteiger partial charge in [-0.3, -0.25) is 4.79 Å². The van der Waals surface area contributed by atoms with E-state index in [1.54, 1.807) is 30.3 Å². The van der Waals surface area contributed by atoms with E-state index in [0.29, 0.717) is 35.8 Å². The molecule has 0 unspecified atom stereocenters. The van der Waals surface area contributed by atoms with E-state index in [4.69, 9.17) is 14.2 Å². The average Bonchev–Trinajstić information content (AvgIpc) is 2.86. The van der Waals surface area contributed by atoms with Gasteiger partial charge < -0.3 is 14.2 Å². The smallest absolute Gasteiger partial charge is 0.338 e. The molecule has 0 aliphatic carbocycles. The summed E-state index contributed by atoms with van der Waals surface area (Å²) < 4.78 is 16.3. The van der Waals surface area contributed by atoms with Crippen molar-refractivity contribution in [2.24, 2.45) is 0 Å². The van der Waals surface area contributed by atoms with Crippen LogP contribution in [-0.4, -0.2) is 31.6 Å². The largest absolute Gasteiger partial charge is 0.490 e. The fourth-order valence-corrected chi connectivity index (χ4v) is 2.60. The van der Waals surface area contributed by atoms with Crippen molar-refractivity contribution in [3.63, 3.8) is 0 Å². The van der Waals surface area contributed by atoms with Crippen LogP contribution in [-0.2, 0) is 4.74 Å². The van der Waals surface area contributed by atoms with E-state index >= 15 is 0 Å². The number of esters is 1. The summed E-state index contributed by atoms with van der Waals surface area (Å²) >= 11 is 0. The molecule has 1 aliphatic rings. The van der Waals surface area contributed by atoms with E-state index in [0.717, 1.165) is 17.5 Å². The predicted molar refractivity (Wildman–Crippen MR) is 92.6 cm³/mol. The minimum Gasteiger partial charge on any atom is -0.490 e. The zero-order valence-electron chi connectivity index (χ0n) is 14.3. The van der Waals surface area contributed by atoms with E-state index in [-0.39, 0.29) is 12.4 Å². The maximum Gasteiger partial charge on any atom is 0.338 e. The third kappa shape index (κ3) is 3.82. The summed E-state index contributed by atoms with van der Waals surface area (Å²) in [4.78, 5) is 24.5. The molecule has 0 atom stereocenters. The number of carbonyl (C=O) groups is 2. The molecular weight excluding hydrogens is 320 g/mol. The van der Waals surface area contributed by atoms with Crippen LogP contribution in [0.4, 0.5) is 0 Å². The molecule has 0 saturated carbocycles. The summed E-state index contributed by atoms with van der Waals surface area (Å²) in [5.74, 6) is 0.392. The Morgan fingerprint density at radius 1 is 1.04 bits per heavy atom. The van der Waals surface area contributed by atoms with Crippen molar-refractivity contribution in [2.45, 2.75) is 20.3 Å². The van der Waals surface area contributed by atoms with Gasteiger partial charge in [-0.1, -0.05) is 12.1 Å². The molecule has 0 amide bonds. The molecule has 0 spiro atoms. The standard InChI is InChI=1S/C20H20O5/c1-13-5-3-6-16(14(13)2)20(22)25-12-17(21)15-7-8-18-19(11-15)24-10-4-9-23-18/h3,5-8,11H,4,9-10,12H2,1-2H3. The first-order chi connectivity index (χ1) is 12.1. The van der Waals surface area contributed by atoms with Crippen molar-refractivity contribution in [1.82, 2.24) is 0 Å². The van der Waals surface area contributed by atoms with Gasteiger partial charge in [0, 0.05) is 12.0 Å². The van der Waals surface area contributed by atoms with Crippen LogP contribution in [0.25, 0.3) is 0 Å². The lowest BCUT2D eigenvalue weighted by molar-refractivity contribution is 0.0474. The van der Waals surface area contributed by atoms with Gasteiger partial charge >= 0.3 is 5.97 Å². The molecule has 5 heteroatoms. The molecule has 130 valence electrons. The first kappa shape index (κ1) is 17.0. The second kappa shape index (κ2) is 7.38. The lowest BCUT2D eigenvalue weighted by Gasteiger charge is -2.10. The molecule has 5 nitrogen and oxygen atoms in total. The Kier molecular flexibility index (Phi) is 5.03. The first-order valence-corrected chi connectivity index (χ1v) is 8.22. The van der Waals surface area contributed by atoms with E-state index in [1.165, 1.54) is 0 Å². The zero-order chi connectivity index (χ0) is 17.8. The third-order valence-electron chi connectivity index (χ3n) is 4.23. The molecule has 0 fully saturated rings. The number of fused-ring (bicyclic) bond motifs is 1. The van der Waals surface area contributed by atoms with E-state index in [9.17, 15) is 9.59 Å². The molecule has 2 aromatic carbocycles. The van der Waals surface area contributed by atoms with Gasteiger partial charge in [0.1, 0.15) is 0 Å². The molecule has 0 aromatic heterocycles. The second-order valence-corrected chi connectivity index (χ2v) is 5.96. The molecule has 0 N–H and O–H groups in total. The SMILES string of the molecule is Cc1cccc(C(=O)OCC(=O)c2ccc3c(c2)OCCCO3)c1C. The molecule has 2 aromatic rings. The Morgan fingerprint density at radius 2 is 1.80 bits per heavy atom. The van der Waals surface area contributed by atoms with Gasteiger partial charge in [-0.15, -0.1) is 0 Å². The monoisotopic (exact) mass is 340 g/mol. The minimum atomic E-state index is -0.496. The molecule has 1 aliphatic heterocycles. The summed E-state index contributed by atoms with van der Waals surface area (Å²) in [5, 5.41) is 0. The quantitative estimate of drug-likeness (QED) is 0.630. The number of Topliss-reactive ketones (excluding diaryl/α,β-unsaturated/α-hetero) is 1. The molecular formula is C20H20O5. The van der Waals surface area contributed by atoms with E-state index < -0.39 is 5.97 Å². The van der Waals surface area contributed by atoms with Gasteiger partial charge in [-0.25, -0.2) is 4.79 Å². The highest BCUT2D eigenvalue weighted by atomic mass is 16.5. The van der Waals surface area contributed by atoms with Crippen LogP contribution in [0.1, 0.15) is 38.3 Å². The Balaban J connectivity index is 1.67. The number of hydrogen-bond acceptors (Lipinski definition) is 5. The highest BCUT2D eigenvalue weighted by Gasteiger charge is 2.17. The van der Waals surface area contributed by atoms with Crippen molar-refractivity contribution in [2.75, 3.05) is 19.8 Å². The van der Waals surface area contributed by atoms with Crippen LogP contribution >= 0.6 is 0 Å². The molecule has 25 heavy (non-hydrogen) atoms. The molecule has 3 rings (SSSR count). The zero-order valence-corrected chi connectivity index (χ0v) is 14.3. The maximum atomic E-state index is 12.3. The minimum absolute atomic E-state index is 0.283. The van der Waals surface area contributed by atoms with Crippen molar-refractivity contribution < 1.29 is 23.8 Å². The van der Waals surface area contributed by atoms with Crippen molar-refractivity contribution in [3.05, 3.63) is 58.7 Å². The van der Waals surface area contributed by atoms with Gasteiger partial charge in [0.2, 0.25) is 0 Å². The predicted octanol–water partition coefficient (Wildman–Crippen LogP) is 3.50. The number of ketones is 1. The fraction of sp³-hybridized carbons (Fsp3) is 0.300. The summed E-state index contributed by atoms with van der Waals surface area (Å²) in [6, 6.07) is 10.4. The second-order valence-electron chi connectivity index (χ2n) is 5.96. The topological polar surface area (TPSA) is 61.8 Å². The number of hydrogen-bond donors (Lipinski definition) is 0. The van der Waals surface area contributed by atoms with Gasteiger partial charge in [-0.05, 0) is 49.2 Å². The average molecular weight is 340 g/mol. The van der Waals surface area contributed by atoms with Gasteiger partial charge in [-0.2, -0.15) is 0 Å². The number of benzene rings is 2. The van der Waals surface area contributed by atoms with Crippen molar-refractivity contribution in [1.29, 1.82) is 0 Å². The molecule has 1 heterocycles. The first-order valence-electron chi connectivity index (χ1n) is 8.22. The van der Waals surface area contributed by atoms with Crippen LogP contribution < -0.4 is 9.47 Å². The van der Waals surface area contributed by atoms with Crippen LogP contribution in [0.15, 0.2) is 36.4 Å². The van der Waals surface area contributed by atoms with E-state index in [1.807, 2.05) is 19.9 Å². The number of rotatable bonds is 4. The Labute approximate surface area is 146 Å². The number of aryl methyl sites for hydroxylation is 1. The summed E-state index contributed by atoms with van der Waals surface area (Å²) in [7, 11) is 0. The Hall–Kier alpha value is -2.82. The van der Waals surface area contributed by atoms with Crippen LogP contribution in [0, 0.1) is 13.8 Å². The lowest BCUT2D eigenvalue weighted by atomic mass is 10.0. The summed E-state index contributed by atoms with van der Waals surface area (Å²) in [5.41, 5.74) is 2.77. The normalized spacial score (nSPS) is 13.0. The Bertz CT molecular complexity index is 810. The number of carbonyl (C=O) groups excluding carboxylic acids is 2. The summed E-state index contributed by atoms with van der Waals surface area (Å²) in [6.07, 6.45) is 0.797. The number of ether oxygens (including phenoxy) is 3. The summed E-state index contributed by atoms with van der Waals surface area (Å²) in [6.45, 7) is 4.61.